The van der Waals surface area contributed by atoms with Crippen LogP contribution in [0.1, 0.15) is 48.2 Å². The molecule has 0 N–H and O–H groups in total. The van der Waals surface area contributed by atoms with Crippen LogP contribution in [0.25, 0.3) is 0 Å². The largest absolute Gasteiger partial charge is 0.467 e. The van der Waals surface area contributed by atoms with Crippen LogP contribution in [0.2, 0.25) is 0 Å². The first-order valence-corrected chi connectivity index (χ1v) is 6.50. The van der Waals surface area contributed by atoms with E-state index in [9.17, 15) is 4.79 Å². The van der Waals surface area contributed by atoms with E-state index in [1.165, 1.54) is 5.56 Å². The fourth-order valence-corrected chi connectivity index (χ4v) is 2.06. The third kappa shape index (κ3) is 3.57. The smallest absolute Gasteiger partial charge is 0.188 e. The van der Waals surface area contributed by atoms with Crippen LogP contribution < -0.4 is 4.74 Å². The number of benzene rings is 1. The zero-order valence-corrected chi connectivity index (χ0v) is 11.5. The molecule has 0 unspecified atom stereocenters. The predicted molar refractivity (Wildman–Crippen MR) is 72.3 cm³/mol. The number of hydrogen-bond donors (Lipinski definition) is 0. The summed E-state index contributed by atoms with van der Waals surface area (Å²) in [5, 5.41) is 0. The van der Waals surface area contributed by atoms with E-state index in [1.807, 2.05) is 12.1 Å². The molecule has 0 bridgehead atoms. The molecular weight excluding hydrogens is 228 g/mol. The number of carbonyl (C=O) groups is 1. The summed E-state index contributed by atoms with van der Waals surface area (Å²) >= 11 is 0. The lowest BCUT2D eigenvalue weighted by Gasteiger charge is -2.16. The van der Waals surface area contributed by atoms with Crippen LogP contribution in [0.15, 0.2) is 12.1 Å². The Bertz CT molecular complexity index is 386. The Hall–Kier alpha value is -1.35. The zero-order chi connectivity index (χ0) is 13.4. The van der Waals surface area contributed by atoms with Gasteiger partial charge in [-0.15, -0.1) is 0 Å². The number of unbranched alkanes of at least 4 members (excludes halogenated alkanes) is 1. The van der Waals surface area contributed by atoms with Gasteiger partial charge in [-0.05, 0) is 36.5 Å². The van der Waals surface area contributed by atoms with E-state index in [2.05, 4.69) is 13.8 Å². The molecule has 100 valence electrons. The Morgan fingerprint density at radius 3 is 2.61 bits per heavy atom. The summed E-state index contributed by atoms with van der Waals surface area (Å²) in [7, 11) is 1.58. The second kappa shape index (κ2) is 7.88. The van der Waals surface area contributed by atoms with Crippen LogP contribution in [0.4, 0.5) is 0 Å². The number of carbonyl (C=O) groups excluding carboxylic acids is 1. The summed E-state index contributed by atoms with van der Waals surface area (Å²) in [6.45, 7) is 4.43. The Kier molecular flexibility index (Phi) is 6.44. The lowest BCUT2D eigenvalue weighted by molar-refractivity contribution is 0.0498. The summed E-state index contributed by atoms with van der Waals surface area (Å²) in [6.07, 6.45) is 5.04. The molecule has 0 atom stereocenters. The first-order chi connectivity index (χ1) is 8.78. The minimum atomic E-state index is 0.172. The van der Waals surface area contributed by atoms with E-state index in [1.54, 1.807) is 7.11 Å². The molecule has 1 aromatic rings. The maximum Gasteiger partial charge on any atom is 0.188 e. The molecule has 0 aliphatic heterocycles. The van der Waals surface area contributed by atoms with Gasteiger partial charge in [0.2, 0.25) is 0 Å². The van der Waals surface area contributed by atoms with Crippen molar-refractivity contribution in [3.63, 3.8) is 0 Å². The molecule has 0 spiro atoms. The van der Waals surface area contributed by atoms with Gasteiger partial charge in [-0.25, -0.2) is 0 Å². The molecule has 3 heteroatoms. The van der Waals surface area contributed by atoms with E-state index in [-0.39, 0.29) is 6.79 Å². The highest BCUT2D eigenvalue weighted by molar-refractivity contribution is 5.80. The van der Waals surface area contributed by atoms with Gasteiger partial charge in [0.1, 0.15) is 5.75 Å². The maximum atomic E-state index is 11.1. The molecule has 3 nitrogen and oxygen atoms in total. The summed E-state index contributed by atoms with van der Waals surface area (Å²) in [5.74, 6) is 0.683. The second-order valence-electron chi connectivity index (χ2n) is 4.25. The second-order valence-corrected chi connectivity index (χ2v) is 4.25. The monoisotopic (exact) mass is 250 g/mol. The van der Waals surface area contributed by atoms with Crippen LogP contribution >= 0.6 is 0 Å². The van der Waals surface area contributed by atoms with E-state index in [0.29, 0.717) is 11.3 Å². The summed E-state index contributed by atoms with van der Waals surface area (Å²) in [4.78, 5) is 11.1. The van der Waals surface area contributed by atoms with Crippen LogP contribution in [-0.2, 0) is 17.6 Å². The zero-order valence-electron chi connectivity index (χ0n) is 11.5. The molecule has 0 saturated heterocycles. The van der Waals surface area contributed by atoms with Crippen molar-refractivity contribution < 1.29 is 14.3 Å². The topological polar surface area (TPSA) is 35.5 Å². The maximum absolute atomic E-state index is 11.1. The highest BCUT2D eigenvalue weighted by atomic mass is 16.7. The van der Waals surface area contributed by atoms with E-state index in [0.717, 1.165) is 37.5 Å². The molecule has 0 radical (unpaired) electrons. The molecule has 0 saturated carbocycles. The highest BCUT2D eigenvalue weighted by Gasteiger charge is 2.13. The van der Waals surface area contributed by atoms with E-state index >= 15 is 0 Å². The van der Waals surface area contributed by atoms with Crippen molar-refractivity contribution in [2.75, 3.05) is 13.9 Å². The number of rotatable bonds is 8. The van der Waals surface area contributed by atoms with Gasteiger partial charge in [0.25, 0.3) is 0 Å². The van der Waals surface area contributed by atoms with Gasteiger partial charge in [0.05, 0.1) is 5.56 Å². The predicted octanol–water partition coefficient (Wildman–Crippen LogP) is 3.39. The Labute approximate surface area is 109 Å². The van der Waals surface area contributed by atoms with Gasteiger partial charge in [-0.2, -0.15) is 0 Å². The van der Waals surface area contributed by atoms with Gasteiger partial charge in [0, 0.05) is 7.11 Å². The molecule has 0 aliphatic carbocycles. The lowest BCUT2D eigenvalue weighted by atomic mass is 9.96. The fourth-order valence-electron chi connectivity index (χ4n) is 2.06. The minimum Gasteiger partial charge on any atom is -0.467 e. The van der Waals surface area contributed by atoms with Crippen molar-refractivity contribution in [1.29, 1.82) is 0 Å². The number of aldehydes is 1. The third-order valence-electron chi connectivity index (χ3n) is 2.99. The normalized spacial score (nSPS) is 10.4. The Morgan fingerprint density at radius 2 is 2.06 bits per heavy atom. The van der Waals surface area contributed by atoms with Crippen LogP contribution in [0.3, 0.4) is 0 Å². The highest BCUT2D eigenvalue weighted by Crippen LogP contribution is 2.28. The van der Waals surface area contributed by atoms with Crippen LogP contribution in [0, 0.1) is 0 Å². The molecule has 0 heterocycles. The number of hydrogen-bond acceptors (Lipinski definition) is 3. The molecule has 0 fully saturated rings. The standard InChI is InChI=1S/C15H22O3/c1-4-6-7-12-8-9-13(10-16)15(14(12)5-2)18-11-17-3/h8-10H,4-7,11H2,1-3H3. The summed E-state index contributed by atoms with van der Waals surface area (Å²) in [5.41, 5.74) is 3.00. The quantitative estimate of drug-likeness (QED) is 0.524. The fraction of sp³-hybridized carbons (Fsp3) is 0.533. The molecule has 18 heavy (non-hydrogen) atoms. The summed E-state index contributed by atoms with van der Waals surface area (Å²) in [6, 6.07) is 3.88. The van der Waals surface area contributed by atoms with Gasteiger partial charge in [-0.3, -0.25) is 4.79 Å². The van der Waals surface area contributed by atoms with Crippen molar-refractivity contribution in [3.05, 3.63) is 28.8 Å². The Balaban J connectivity index is 3.10. The average molecular weight is 250 g/mol. The van der Waals surface area contributed by atoms with Gasteiger partial charge < -0.3 is 9.47 Å². The van der Waals surface area contributed by atoms with Crippen molar-refractivity contribution in [2.24, 2.45) is 0 Å². The van der Waals surface area contributed by atoms with Crippen LogP contribution in [0.5, 0.6) is 5.75 Å². The molecule has 1 rings (SSSR count). The molecule has 1 aromatic carbocycles. The Morgan fingerprint density at radius 1 is 1.28 bits per heavy atom. The first kappa shape index (κ1) is 14.7. The van der Waals surface area contributed by atoms with Crippen molar-refractivity contribution in [3.8, 4) is 5.75 Å². The van der Waals surface area contributed by atoms with Crippen LogP contribution in [-0.4, -0.2) is 20.2 Å². The molecule has 0 aliphatic rings. The molecule has 0 amide bonds. The first-order valence-electron chi connectivity index (χ1n) is 6.50. The average Bonchev–Trinajstić information content (AvgIpc) is 2.42. The molecular formula is C15H22O3. The third-order valence-corrected chi connectivity index (χ3v) is 2.99. The van der Waals surface area contributed by atoms with E-state index in [4.69, 9.17) is 9.47 Å². The van der Waals surface area contributed by atoms with Gasteiger partial charge in [0.15, 0.2) is 13.1 Å². The lowest BCUT2D eigenvalue weighted by Crippen LogP contribution is -2.06. The van der Waals surface area contributed by atoms with E-state index < -0.39 is 0 Å². The van der Waals surface area contributed by atoms with Gasteiger partial charge in [-0.1, -0.05) is 26.3 Å². The minimum absolute atomic E-state index is 0.172. The summed E-state index contributed by atoms with van der Waals surface area (Å²) < 4.78 is 10.5. The molecule has 0 aromatic heterocycles. The van der Waals surface area contributed by atoms with Crippen molar-refractivity contribution in [1.82, 2.24) is 0 Å². The SMILES string of the molecule is CCCCc1ccc(C=O)c(OCOC)c1CC. The number of aryl methyl sites for hydroxylation is 1. The van der Waals surface area contributed by atoms with Gasteiger partial charge >= 0.3 is 0 Å². The van der Waals surface area contributed by atoms with Crippen molar-refractivity contribution >= 4 is 6.29 Å². The van der Waals surface area contributed by atoms with Crippen molar-refractivity contribution in [2.45, 2.75) is 39.5 Å². The number of methoxy groups -OCH3 is 1. The number of ether oxygens (including phenoxy) is 2.